The molecular formula is C14H28N2O2. The largest absolute Gasteiger partial charge is 0.395 e. The summed E-state index contributed by atoms with van der Waals surface area (Å²) in [5.41, 5.74) is 6.71. The van der Waals surface area contributed by atoms with Crippen molar-refractivity contribution in [3.63, 3.8) is 0 Å². The minimum absolute atomic E-state index is 0.0590. The average Bonchev–Trinajstić information content (AvgIpc) is 2.82. The Balaban J connectivity index is 1.87. The lowest BCUT2D eigenvalue weighted by Gasteiger charge is -2.43. The maximum Gasteiger partial charge on any atom is 0.0629 e. The van der Waals surface area contributed by atoms with Crippen LogP contribution in [0, 0.1) is 5.41 Å². The number of piperidine rings is 1. The van der Waals surface area contributed by atoms with Gasteiger partial charge in [0, 0.05) is 13.2 Å². The van der Waals surface area contributed by atoms with Gasteiger partial charge >= 0.3 is 0 Å². The fourth-order valence-corrected chi connectivity index (χ4v) is 3.78. The highest BCUT2D eigenvalue weighted by Crippen LogP contribution is 2.46. The minimum Gasteiger partial charge on any atom is -0.395 e. The molecule has 0 aromatic heterocycles. The number of ether oxygens (including phenoxy) is 1. The molecule has 1 saturated heterocycles. The third-order valence-corrected chi connectivity index (χ3v) is 5.03. The van der Waals surface area contributed by atoms with Crippen molar-refractivity contribution in [2.75, 3.05) is 33.4 Å². The van der Waals surface area contributed by atoms with Crippen molar-refractivity contribution < 1.29 is 9.84 Å². The van der Waals surface area contributed by atoms with E-state index in [9.17, 15) is 5.11 Å². The van der Waals surface area contributed by atoms with E-state index < -0.39 is 0 Å². The summed E-state index contributed by atoms with van der Waals surface area (Å²) in [7, 11) is 1.66. The summed E-state index contributed by atoms with van der Waals surface area (Å²) in [6.45, 7) is 2.83. The second-order valence-corrected chi connectivity index (χ2v) is 6.11. The van der Waals surface area contributed by atoms with Crippen molar-refractivity contribution in [2.24, 2.45) is 11.1 Å². The molecule has 4 heteroatoms. The monoisotopic (exact) mass is 256 g/mol. The molecule has 3 N–H and O–H groups in total. The van der Waals surface area contributed by atoms with Gasteiger partial charge in [-0.25, -0.2) is 0 Å². The number of aliphatic hydroxyl groups excluding tert-OH is 1. The van der Waals surface area contributed by atoms with Crippen molar-refractivity contribution in [2.45, 2.75) is 50.6 Å². The second kappa shape index (κ2) is 6.33. The molecule has 1 aliphatic heterocycles. The first-order chi connectivity index (χ1) is 8.71. The van der Waals surface area contributed by atoms with Crippen molar-refractivity contribution in [3.05, 3.63) is 0 Å². The normalized spacial score (nSPS) is 27.5. The average molecular weight is 256 g/mol. The Morgan fingerprint density at radius 3 is 2.33 bits per heavy atom. The molecule has 2 unspecified atom stereocenters. The number of aliphatic hydroxyl groups is 1. The number of nitrogens with two attached hydrogens (primary N) is 1. The van der Waals surface area contributed by atoms with Crippen LogP contribution in [0.4, 0.5) is 0 Å². The first-order valence-electron chi connectivity index (χ1n) is 7.30. The predicted molar refractivity (Wildman–Crippen MR) is 72.4 cm³/mol. The van der Waals surface area contributed by atoms with Gasteiger partial charge in [0.1, 0.15) is 0 Å². The Bertz CT molecular complexity index is 244. The van der Waals surface area contributed by atoms with Crippen LogP contribution in [0.15, 0.2) is 0 Å². The van der Waals surface area contributed by atoms with Crippen molar-refractivity contribution in [3.8, 4) is 0 Å². The first-order valence-corrected chi connectivity index (χ1v) is 7.30. The molecule has 2 aliphatic rings. The highest BCUT2D eigenvalue weighted by Gasteiger charge is 2.39. The van der Waals surface area contributed by atoms with Crippen molar-refractivity contribution in [1.82, 2.24) is 4.90 Å². The van der Waals surface area contributed by atoms with E-state index >= 15 is 0 Å². The Morgan fingerprint density at radius 1 is 1.22 bits per heavy atom. The van der Waals surface area contributed by atoms with E-state index in [-0.39, 0.29) is 18.7 Å². The lowest BCUT2D eigenvalue weighted by molar-refractivity contribution is 0.0250. The summed E-state index contributed by atoms with van der Waals surface area (Å²) >= 11 is 0. The number of hydrogen-bond donors (Lipinski definition) is 2. The van der Waals surface area contributed by atoms with Gasteiger partial charge in [0.2, 0.25) is 0 Å². The lowest BCUT2D eigenvalue weighted by atomic mass is 9.76. The smallest absolute Gasteiger partial charge is 0.0629 e. The molecule has 0 aromatic carbocycles. The first kappa shape index (κ1) is 14.3. The van der Waals surface area contributed by atoms with Gasteiger partial charge in [0.05, 0.1) is 19.3 Å². The topological polar surface area (TPSA) is 58.7 Å². The molecule has 0 amide bonds. The van der Waals surface area contributed by atoms with Crippen LogP contribution in [-0.2, 0) is 4.74 Å². The SMILES string of the molecule is COCC(N)C(CO)N1CCC2(CCCC2)CC1. The zero-order valence-electron chi connectivity index (χ0n) is 11.6. The van der Waals surface area contributed by atoms with Crippen molar-refractivity contribution in [1.29, 1.82) is 0 Å². The molecule has 106 valence electrons. The molecule has 1 aliphatic carbocycles. The van der Waals surface area contributed by atoms with Crippen molar-refractivity contribution >= 4 is 0 Å². The standard InChI is InChI=1S/C14H28N2O2/c1-18-11-12(15)13(10-17)16-8-6-14(7-9-16)4-2-3-5-14/h12-13,17H,2-11,15H2,1H3. The van der Waals surface area contributed by atoms with Crippen LogP contribution < -0.4 is 5.73 Å². The maximum atomic E-state index is 9.55. The quantitative estimate of drug-likeness (QED) is 0.770. The van der Waals surface area contributed by atoms with Gasteiger partial charge in [-0.05, 0) is 44.2 Å². The molecule has 2 atom stereocenters. The van der Waals surface area contributed by atoms with Gasteiger partial charge in [0.25, 0.3) is 0 Å². The number of hydrogen-bond acceptors (Lipinski definition) is 4. The molecule has 0 bridgehead atoms. The van der Waals surface area contributed by atoms with Crippen LogP contribution in [0.3, 0.4) is 0 Å². The highest BCUT2D eigenvalue weighted by molar-refractivity contribution is 4.93. The lowest BCUT2D eigenvalue weighted by Crippen LogP contribution is -2.55. The fourth-order valence-electron chi connectivity index (χ4n) is 3.78. The molecule has 2 fully saturated rings. The molecular weight excluding hydrogens is 228 g/mol. The number of methoxy groups -OCH3 is 1. The van der Waals surface area contributed by atoms with Gasteiger partial charge in [0.15, 0.2) is 0 Å². The summed E-state index contributed by atoms with van der Waals surface area (Å²) in [4.78, 5) is 2.37. The van der Waals surface area contributed by atoms with E-state index in [1.807, 2.05) is 0 Å². The maximum absolute atomic E-state index is 9.55. The van der Waals surface area contributed by atoms with E-state index in [1.165, 1.54) is 38.5 Å². The molecule has 4 nitrogen and oxygen atoms in total. The number of likely N-dealkylation sites (tertiary alicyclic amines) is 1. The second-order valence-electron chi connectivity index (χ2n) is 6.11. The van der Waals surface area contributed by atoms with E-state index in [0.29, 0.717) is 12.0 Å². The molecule has 1 spiro atoms. The van der Waals surface area contributed by atoms with E-state index in [0.717, 1.165) is 13.1 Å². The molecule has 18 heavy (non-hydrogen) atoms. The fraction of sp³-hybridized carbons (Fsp3) is 1.00. The van der Waals surface area contributed by atoms with Crippen LogP contribution >= 0.6 is 0 Å². The summed E-state index contributed by atoms with van der Waals surface area (Å²) in [5.74, 6) is 0. The third-order valence-electron chi connectivity index (χ3n) is 5.03. The Morgan fingerprint density at radius 2 is 1.83 bits per heavy atom. The summed E-state index contributed by atoms with van der Waals surface area (Å²) in [6, 6.07) is -0.0265. The molecule has 0 radical (unpaired) electrons. The number of rotatable bonds is 5. The van der Waals surface area contributed by atoms with E-state index in [4.69, 9.17) is 10.5 Å². The Labute approximate surface area is 110 Å². The Kier molecular flexibility index (Phi) is 5.01. The third kappa shape index (κ3) is 3.05. The highest BCUT2D eigenvalue weighted by atomic mass is 16.5. The van der Waals surface area contributed by atoms with Gasteiger partial charge in [-0.1, -0.05) is 12.8 Å². The van der Waals surface area contributed by atoms with Gasteiger partial charge < -0.3 is 15.6 Å². The summed E-state index contributed by atoms with van der Waals surface area (Å²) in [6.07, 6.45) is 8.20. The van der Waals surface area contributed by atoms with Crippen LogP contribution in [-0.4, -0.2) is 55.5 Å². The van der Waals surface area contributed by atoms with Gasteiger partial charge in [-0.2, -0.15) is 0 Å². The Hall–Kier alpha value is -0.160. The predicted octanol–water partition coefficient (Wildman–Crippen LogP) is 0.977. The van der Waals surface area contributed by atoms with E-state index in [1.54, 1.807) is 7.11 Å². The summed E-state index contributed by atoms with van der Waals surface area (Å²) in [5, 5.41) is 9.55. The van der Waals surface area contributed by atoms with E-state index in [2.05, 4.69) is 4.90 Å². The molecule has 1 saturated carbocycles. The molecule has 2 rings (SSSR count). The molecule has 0 aromatic rings. The van der Waals surface area contributed by atoms with Gasteiger partial charge in [-0.15, -0.1) is 0 Å². The van der Waals surface area contributed by atoms with Crippen LogP contribution in [0.25, 0.3) is 0 Å². The summed E-state index contributed by atoms with van der Waals surface area (Å²) < 4.78 is 5.11. The number of nitrogens with zero attached hydrogens (tertiary/aromatic N) is 1. The minimum atomic E-state index is -0.0855. The van der Waals surface area contributed by atoms with Crippen LogP contribution in [0.1, 0.15) is 38.5 Å². The van der Waals surface area contributed by atoms with Gasteiger partial charge in [-0.3, -0.25) is 4.90 Å². The van der Waals surface area contributed by atoms with Crippen LogP contribution in [0.2, 0.25) is 0 Å². The zero-order valence-corrected chi connectivity index (χ0v) is 11.6. The molecule has 1 heterocycles. The van der Waals surface area contributed by atoms with Crippen LogP contribution in [0.5, 0.6) is 0 Å². The zero-order chi connectivity index (χ0) is 13.0.